The van der Waals surface area contributed by atoms with Crippen LogP contribution in [0.4, 0.5) is 5.82 Å². The number of aromatic nitrogens is 3. The fourth-order valence-electron chi connectivity index (χ4n) is 3.05. The Hall–Kier alpha value is -2.23. The Balaban J connectivity index is 1.87. The number of nitrogens with two attached hydrogens (primary N) is 1. The molecule has 9 heteroatoms. The lowest BCUT2D eigenvalue weighted by atomic mass is 9.86. The van der Waals surface area contributed by atoms with Gasteiger partial charge >= 0.3 is 5.97 Å². The van der Waals surface area contributed by atoms with Gasteiger partial charge < -0.3 is 25.4 Å². The summed E-state index contributed by atoms with van der Waals surface area (Å²) in [7, 11) is 0. The van der Waals surface area contributed by atoms with Crippen LogP contribution in [0, 0.1) is 0 Å². The summed E-state index contributed by atoms with van der Waals surface area (Å²) in [5.74, 6) is -0.113. The maximum Gasteiger partial charge on any atom is 0.305 e. The second kappa shape index (κ2) is 6.25. The fourth-order valence-corrected chi connectivity index (χ4v) is 3.05. The number of rotatable bonds is 5. The van der Waals surface area contributed by atoms with Crippen molar-refractivity contribution < 1.29 is 24.5 Å². The summed E-state index contributed by atoms with van der Waals surface area (Å²) < 4.78 is 12.2. The van der Waals surface area contributed by atoms with Gasteiger partial charge in [-0.3, -0.25) is 4.79 Å². The molecule has 0 aliphatic carbocycles. The summed E-state index contributed by atoms with van der Waals surface area (Å²) in [6.45, 7) is 3.13. The van der Waals surface area contributed by atoms with E-state index in [0.717, 1.165) is 0 Å². The second-order valence-electron chi connectivity index (χ2n) is 6.50. The quantitative estimate of drug-likeness (QED) is 0.642. The van der Waals surface area contributed by atoms with Gasteiger partial charge in [0.25, 0.3) is 0 Å². The SMILES string of the molecule is CCCC(=O)OC[C@@]1(C)OCC(O)(c2ccc3c(N)ncnn23)[C@@H]1O. The third-order valence-electron chi connectivity index (χ3n) is 4.55. The van der Waals surface area contributed by atoms with Crippen LogP contribution < -0.4 is 5.73 Å². The van der Waals surface area contributed by atoms with Crippen LogP contribution in [0.5, 0.6) is 0 Å². The number of carbonyl (C=O) groups is 1. The molecule has 1 saturated heterocycles. The van der Waals surface area contributed by atoms with Crippen LogP contribution >= 0.6 is 0 Å². The first kappa shape index (κ1) is 17.6. The number of nitrogen functional groups attached to an aromatic ring is 1. The topological polar surface area (TPSA) is 132 Å². The average molecular weight is 350 g/mol. The molecule has 3 atom stereocenters. The monoisotopic (exact) mass is 350 g/mol. The van der Waals surface area contributed by atoms with Gasteiger partial charge in [-0.25, -0.2) is 9.50 Å². The van der Waals surface area contributed by atoms with E-state index in [1.807, 2.05) is 6.92 Å². The molecule has 1 aliphatic rings. The van der Waals surface area contributed by atoms with E-state index < -0.39 is 17.3 Å². The molecule has 25 heavy (non-hydrogen) atoms. The Morgan fingerprint density at radius 1 is 1.56 bits per heavy atom. The zero-order valence-corrected chi connectivity index (χ0v) is 14.2. The molecule has 2 aromatic rings. The predicted octanol–water partition coefficient (Wildman–Crippen LogP) is -0.00780. The van der Waals surface area contributed by atoms with Crippen molar-refractivity contribution in [1.29, 1.82) is 0 Å². The largest absolute Gasteiger partial charge is 0.462 e. The van der Waals surface area contributed by atoms with Crippen LogP contribution in [0.3, 0.4) is 0 Å². The van der Waals surface area contributed by atoms with Crippen molar-refractivity contribution in [2.24, 2.45) is 0 Å². The minimum Gasteiger partial charge on any atom is -0.462 e. The summed E-state index contributed by atoms with van der Waals surface area (Å²) in [4.78, 5) is 15.5. The minimum absolute atomic E-state index is 0.157. The standard InChI is InChI=1S/C16H22N4O5/c1-3-4-12(21)24-7-15(2)14(22)16(23,8-25-15)11-6-5-10-13(17)18-9-19-20(10)11/h5-6,9,14,22-23H,3-4,7-8H2,1-2H3,(H2,17,18,19)/t14-,15-,16?/m1/s1. The van der Waals surface area contributed by atoms with E-state index in [9.17, 15) is 15.0 Å². The van der Waals surface area contributed by atoms with E-state index in [1.165, 1.54) is 10.8 Å². The van der Waals surface area contributed by atoms with Crippen LogP contribution in [-0.2, 0) is 19.9 Å². The third-order valence-corrected chi connectivity index (χ3v) is 4.55. The van der Waals surface area contributed by atoms with Gasteiger partial charge in [-0.1, -0.05) is 6.92 Å². The molecule has 3 rings (SSSR count). The molecular formula is C16H22N4O5. The van der Waals surface area contributed by atoms with E-state index in [2.05, 4.69) is 10.1 Å². The van der Waals surface area contributed by atoms with E-state index in [0.29, 0.717) is 17.6 Å². The number of carbonyl (C=O) groups excluding carboxylic acids is 1. The number of anilines is 1. The van der Waals surface area contributed by atoms with E-state index in [4.69, 9.17) is 15.2 Å². The summed E-state index contributed by atoms with van der Waals surface area (Å²) in [6, 6.07) is 3.27. The number of hydrogen-bond donors (Lipinski definition) is 3. The maximum atomic E-state index is 11.6. The van der Waals surface area contributed by atoms with Gasteiger partial charge in [0.2, 0.25) is 0 Å². The molecule has 1 aliphatic heterocycles. The second-order valence-corrected chi connectivity index (χ2v) is 6.50. The molecule has 9 nitrogen and oxygen atoms in total. The first-order chi connectivity index (χ1) is 11.8. The molecule has 0 amide bonds. The molecule has 0 saturated carbocycles. The molecule has 0 bridgehead atoms. The Kier molecular flexibility index (Phi) is 4.40. The van der Waals surface area contributed by atoms with E-state index >= 15 is 0 Å². The van der Waals surface area contributed by atoms with E-state index in [-0.39, 0.29) is 31.4 Å². The molecule has 136 valence electrons. The summed E-state index contributed by atoms with van der Waals surface area (Å²) in [5.41, 5.74) is 3.69. The molecule has 1 fully saturated rings. The van der Waals surface area contributed by atoms with Gasteiger partial charge in [0.05, 0.1) is 12.3 Å². The minimum atomic E-state index is -1.72. The van der Waals surface area contributed by atoms with Crippen molar-refractivity contribution in [3.05, 3.63) is 24.2 Å². The highest BCUT2D eigenvalue weighted by molar-refractivity contribution is 5.69. The lowest BCUT2D eigenvalue weighted by Gasteiger charge is -2.31. The van der Waals surface area contributed by atoms with Gasteiger partial charge in [0.1, 0.15) is 30.2 Å². The number of ether oxygens (including phenoxy) is 2. The summed E-state index contributed by atoms with van der Waals surface area (Å²) in [6.07, 6.45) is 0.892. The van der Waals surface area contributed by atoms with Crippen LogP contribution in [0.1, 0.15) is 32.4 Å². The Morgan fingerprint density at radius 2 is 2.32 bits per heavy atom. The van der Waals surface area contributed by atoms with Crippen molar-refractivity contribution in [3.63, 3.8) is 0 Å². The van der Waals surface area contributed by atoms with Gasteiger partial charge in [0.15, 0.2) is 11.4 Å². The van der Waals surface area contributed by atoms with Crippen molar-refractivity contribution in [2.45, 2.75) is 44.0 Å². The summed E-state index contributed by atoms with van der Waals surface area (Å²) >= 11 is 0. The highest BCUT2D eigenvalue weighted by Gasteiger charge is 2.57. The number of nitrogens with zero attached hydrogens (tertiary/aromatic N) is 3. The normalized spacial score (nSPS) is 29.2. The van der Waals surface area contributed by atoms with Crippen LogP contribution in [-0.4, -0.2) is 55.7 Å². The van der Waals surface area contributed by atoms with E-state index in [1.54, 1.807) is 19.1 Å². The van der Waals surface area contributed by atoms with Gasteiger partial charge in [-0.15, -0.1) is 0 Å². The van der Waals surface area contributed by atoms with Crippen molar-refractivity contribution in [2.75, 3.05) is 18.9 Å². The molecule has 2 aromatic heterocycles. The molecule has 0 spiro atoms. The zero-order chi connectivity index (χ0) is 18.2. The van der Waals surface area contributed by atoms with Crippen molar-refractivity contribution in [1.82, 2.24) is 14.6 Å². The van der Waals surface area contributed by atoms with Crippen molar-refractivity contribution in [3.8, 4) is 0 Å². The predicted molar refractivity (Wildman–Crippen MR) is 87.5 cm³/mol. The third kappa shape index (κ3) is 2.84. The van der Waals surface area contributed by atoms with Gasteiger partial charge in [-0.2, -0.15) is 5.10 Å². The molecule has 3 heterocycles. The molecule has 1 unspecified atom stereocenters. The van der Waals surface area contributed by atoms with Crippen LogP contribution in [0.2, 0.25) is 0 Å². The number of esters is 1. The Morgan fingerprint density at radius 3 is 3.04 bits per heavy atom. The van der Waals surface area contributed by atoms with Gasteiger partial charge in [-0.05, 0) is 25.5 Å². The number of fused-ring (bicyclic) bond motifs is 1. The molecule has 4 N–H and O–H groups in total. The van der Waals surface area contributed by atoms with Gasteiger partial charge in [0, 0.05) is 6.42 Å². The first-order valence-electron chi connectivity index (χ1n) is 8.10. The molecular weight excluding hydrogens is 328 g/mol. The highest BCUT2D eigenvalue weighted by atomic mass is 16.6. The summed E-state index contributed by atoms with van der Waals surface area (Å²) in [5, 5.41) is 25.9. The Bertz CT molecular complexity index is 794. The lowest BCUT2D eigenvalue weighted by Crippen LogP contribution is -2.50. The van der Waals surface area contributed by atoms with Crippen LogP contribution in [0.25, 0.3) is 5.52 Å². The fraction of sp³-hybridized carbons (Fsp3) is 0.562. The van der Waals surface area contributed by atoms with Crippen LogP contribution in [0.15, 0.2) is 18.5 Å². The first-order valence-corrected chi connectivity index (χ1v) is 8.10. The number of aliphatic hydroxyl groups excluding tert-OH is 1. The molecule has 0 aromatic carbocycles. The lowest BCUT2D eigenvalue weighted by molar-refractivity contribution is -0.158. The smallest absolute Gasteiger partial charge is 0.305 e. The highest BCUT2D eigenvalue weighted by Crippen LogP contribution is 2.41. The average Bonchev–Trinajstić information content (AvgIpc) is 3.12. The number of aliphatic hydroxyl groups is 2. The zero-order valence-electron chi connectivity index (χ0n) is 14.2. The Labute approximate surface area is 144 Å². The van der Waals surface area contributed by atoms with Crippen molar-refractivity contribution >= 4 is 17.3 Å². The number of hydrogen-bond acceptors (Lipinski definition) is 8. The molecule has 0 radical (unpaired) electrons. The maximum absolute atomic E-state index is 11.6.